The number of carbonyl (C=O) groups excluding carboxylic acids is 1. The molecule has 0 N–H and O–H groups in total. The van der Waals surface area contributed by atoms with E-state index in [-0.39, 0.29) is 5.56 Å². The standard InChI is InChI=1S/C15H12F2O/c1-9-4-3-5-10(2)14(9)15(18)12-7-6-11(16)8-13(12)17/h3-8H,1-2H3. The molecule has 3 heteroatoms. The fourth-order valence-corrected chi connectivity index (χ4v) is 1.98. The highest BCUT2D eigenvalue weighted by molar-refractivity contribution is 6.10. The molecule has 0 atom stereocenters. The van der Waals surface area contributed by atoms with Crippen LogP contribution in [0.4, 0.5) is 8.78 Å². The average Bonchev–Trinajstić information content (AvgIpc) is 2.28. The van der Waals surface area contributed by atoms with Gasteiger partial charge < -0.3 is 0 Å². The molecule has 0 aromatic heterocycles. The molecule has 0 saturated carbocycles. The number of hydrogen-bond acceptors (Lipinski definition) is 1. The third-order valence-corrected chi connectivity index (χ3v) is 2.88. The Labute approximate surface area is 104 Å². The second kappa shape index (κ2) is 4.69. The van der Waals surface area contributed by atoms with Crippen LogP contribution in [0.1, 0.15) is 27.0 Å². The molecule has 2 aromatic rings. The molecule has 0 saturated heterocycles. The molecule has 0 aliphatic heterocycles. The third-order valence-electron chi connectivity index (χ3n) is 2.88. The molecule has 2 aromatic carbocycles. The Balaban J connectivity index is 2.55. The van der Waals surface area contributed by atoms with Gasteiger partial charge in [-0.05, 0) is 37.1 Å². The fraction of sp³-hybridized carbons (Fsp3) is 0.133. The Morgan fingerprint density at radius 1 is 1.00 bits per heavy atom. The van der Waals surface area contributed by atoms with Crippen molar-refractivity contribution in [3.05, 3.63) is 70.3 Å². The zero-order chi connectivity index (χ0) is 13.3. The van der Waals surface area contributed by atoms with Crippen LogP contribution in [0.2, 0.25) is 0 Å². The van der Waals surface area contributed by atoms with Crippen LogP contribution in [0.3, 0.4) is 0 Å². The first-order valence-electron chi connectivity index (χ1n) is 5.56. The first-order valence-corrected chi connectivity index (χ1v) is 5.56. The summed E-state index contributed by atoms with van der Waals surface area (Å²) in [6, 6.07) is 8.41. The molecule has 18 heavy (non-hydrogen) atoms. The van der Waals surface area contributed by atoms with Crippen molar-refractivity contribution in [1.29, 1.82) is 0 Å². The summed E-state index contributed by atoms with van der Waals surface area (Å²) in [6.07, 6.45) is 0. The first-order chi connectivity index (χ1) is 8.50. The summed E-state index contributed by atoms with van der Waals surface area (Å²) in [4.78, 5) is 12.3. The molecule has 0 heterocycles. The van der Waals surface area contributed by atoms with Crippen LogP contribution >= 0.6 is 0 Å². The van der Waals surface area contributed by atoms with Crippen molar-refractivity contribution in [2.75, 3.05) is 0 Å². The van der Waals surface area contributed by atoms with Crippen LogP contribution in [0.15, 0.2) is 36.4 Å². The van der Waals surface area contributed by atoms with E-state index in [2.05, 4.69) is 0 Å². The lowest BCUT2D eigenvalue weighted by molar-refractivity contribution is 0.103. The molecule has 0 bridgehead atoms. The van der Waals surface area contributed by atoms with Crippen LogP contribution in [-0.2, 0) is 0 Å². The fourth-order valence-electron chi connectivity index (χ4n) is 1.98. The van der Waals surface area contributed by atoms with Crippen LogP contribution < -0.4 is 0 Å². The zero-order valence-electron chi connectivity index (χ0n) is 10.1. The first kappa shape index (κ1) is 12.4. The number of rotatable bonds is 2. The van der Waals surface area contributed by atoms with E-state index in [1.165, 1.54) is 6.07 Å². The number of aryl methyl sites for hydroxylation is 2. The zero-order valence-corrected chi connectivity index (χ0v) is 10.1. The van der Waals surface area contributed by atoms with Crippen molar-refractivity contribution >= 4 is 5.78 Å². The Bertz CT molecular complexity index is 598. The average molecular weight is 246 g/mol. The van der Waals surface area contributed by atoms with E-state index in [4.69, 9.17) is 0 Å². The van der Waals surface area contributed by atoms with Crippen molar-refractivity contribution in [2.24, 2.45) is 0 Å². The summed E-state index contributed by atoms with van der Waals surface area (Å²) in [5.74, 6) is -1.93. The molecule has 1 nitrogen and oxygen atoms in total. The molecule has 0 amide bonds. The number of hydrogen-bond donors (Lipinski definition) is 0. The van der Waals surface area contributed by atoms with Gasteiger partial charge in [0, 0.05) is 11.6 Å². The van der Waals surface area contributed by atoms with Crippen LogP contribution in [0, 0.1) is 25.5 Å². The molecule has 0 fully saturated rings. The van der Waals surface area contributed by atoms with Crippen LogP contribution in [0.5, 0.6) is 0 Å². The van der Waals surface area contributed by atoms with Crippen molar-refractivity contribution in [1.82, 2.24) is 0 Å². The molecule has 0 unspecified atom stereocenters. The van der Waals surface area contributed by atoms with Gasteiger partial charge in [-0.25, -0.2) is 8.78 Å². The van der Waals surface area contributed by atoms with Gasteiger partial charge >= 0.3 is 0 Å². The number of carbonyl (C=O) groups is 1. The summed E-state index contributed by atoms with van der Waals surface area (Å²) in [6.45, 7) is 3.59. The van der Waals surface area contributed by atoms with E-state index >= 15 is 0 Å². The summed E-state index contributed by atoms with van der Waals surface area (Å²) < 4.78 is 26.4. The van der Waals surface area contributed by atoms with Gasteiger partial charge in [0.1, 0.15) is 11.6 Å². The minimum atomic E-state index is -0.831. The third kappa shape index (κ3) is 2.16. The van der Waals surface area contributed by atoms with Crippen molar-refractivity contribution in [2.45, 2.75) is 13.8 Å². The monoisotopic (exact) mass is 246 g/mol. The van der Waals surface area contributed by atoms with E-state index in [9.17, 15) is 13.6 Å². The second-order valence-corrected chi connectivity index (χ2v) is 4.22. The van der Waals surface area contributed by atoms with Gasteiger partial charge in [0.15, 0.2) is 5.78 Å². The van der Waals surface area contributed by atoms with E-state index in [0.717, 1.165) is 23.3 Å². The Hall–Kier alpha value is -2.03. The SMILES string of the molecule is Cc1cccc(C)c1C(=O)c1ccc(F)cc1F. The number of halogens is 2. The lowest BCUT2D eigenvalue weighted by Gasteiger charge is -2.09. The summed E-state index contributed by atoms with van der Waals surface area (Å²) in [7, 11) is 0. The molecule has 92 valence electrons. The van der Waals surface area contributed by atoms with Crippen molar-refractivity contribution in [3.8, 4) is 0 Å². The van der Waals surface area contributed by atoms with Crippen molar-refractivity contribution < 1.29 is 13.6 Å². The van der Waals surface area contributed by atoms with Gasteiger partial charge in [-0.1, -0.05) is 18.2 Å². The van der Waals surface area contributed by atoms with E-state index in [1.807, 2.05) is 6.07 Å². The molecular weight excluding hydrogens is 234 g/mol. The highest BCUT2D eigenvalue weighted by Gasteiger charge is 2.18. The smallest absolute Gasteiger partial charge is 0.196 e. The summed E-state index contributed by atoms with van der Waals surface area (Å²) >= 11 is 0. The van der Waals surface area contributed by atoms with Gasteiger partial charge in [0.05, 0.1) is 5.56 Å². The maximum atomic E-state index is 13.6. The summed E-state index contributed by atoms with van der Waals surface area (Å²) in [5, 5.41) is 0. The van der Waals surface area contributed by atoms with E-state index in [1.54, 1.807) is 26.0 Å². The summed E-state index contributed by atoms with van der Waals surface area (Å²) in [5.41, 5.74) is 1.93. The maximum Gasteiger partial charge on any atom is 0.196 e. The largest absolute Gasteiger partial charge is 0.288 e. The van der Waals surface area contributed by atoms with E-state index < -0.39 is 17.4 Å². The second-order valence-electron chi connectivity index (χ2n) is 4.22. The van der Waals surface area contributed by atoms with Gasteiger partial charge in [0.2, 0.25) is 0 Å². The quantitative estimate of drug-likeness (QED) is 0.736. The Morgan fingerprint density at radius 3 is 2.17 bits per heavy atom. The van der Waals surface area contributed by atoms with Gasteiger partial charge in [-0.2, -0.15) is 0 Å². The predicted octanol–water partition coefficient (Wildman–Crippen LogP) is 3.81. The minimum Gasteiger partial charge on any atom is -0.288 e. The molecule has 0 aliphatic rings. The van der Waals surface area contributed by atoms with Gasteiger partial charge in [-0.15, -0.1) is 0 Å². The molecule has 0 aliphatic carbocycles. The predicted molar refractivity (Wildman–Crippen MR) is 65.7 cm³/mol. The molecule has 0 spiro atoms. The van der Waals surface area contributed by atoms with Crippen LogP contribution in [0.25, 0.3) is 0 Å². The molecule has 2 rings (SSSR count). The van der Waals surface area contributed by atoms with Crippen LogP contribution in [-0.4, -0.2) is 5.78 Å². The minimum absolute atomic E-state index is 0.103. The van der Waals surface area contributed by atoms with Crippen molar-refractivity contribution in [3.63, 3.8) is 0 Å². The molecule has 0 radical (unpaired) electrons. The highest BCUT2D eigenvalue weighted by atomic mass is 19.1. The lowest BCUT2D eigenvalue weighted by atomic mass is 9.95. The van der Waals surface area contributed by atoms with E-state index in [0.29, 0.717) is 5.56 Å². The maximum absolute atomic E-state index is 13.6. The normalized spacial score (nSPS) is 10.4. The lowest BCUT2D eigenvalue weighted by Crippen LogP contribution is -2.08. The Kier molecular flexibility index (Phi) is 3.24. The topological polar surface area (TPSA) is 17.1 Å². The molecular formula is C15H12F2O. The number of benzene rings is 2. The highest BCUT2D eigenvalue weighted by Crippen LogP contribution is 2.20. The van der Waals surface area contributed by atoms with Gasteiger partial charge in [0.25, 0.3) is 0 Å². The Morgan fingerprint density at radius 2 is 1.61 bits per heavy atom. The van der Waals surface area contributed by atoms with Gasteiger partial charge in [-0.3, -0.25) is 4.79 Å². The number of ketones is 1.